The van der Waals surface area contributed by atoms with Gasteiger partial charge in [0.2, 0.25) is 0 Å². The molecule has 1 fully saturated rings. The number of aliphatic imine (C=N–C) groups is 1. The average Bonchev–Trinajstić information content (AvgIpc) is 2.47. The Morgan fingerprint density at radius 3 is 2.39 bits per heavy atom. The minimum atomic E-state index is -3.23. The third-order valence-corrected chi connectivity index (χ3v) is 6.16. The standard InChI is InChI=1S/C15H23N3O3S.HI/c1-12-3-5-13(6-4-12)18-14(16)17-11-15(22(2,19)20)7-9-21-10-8-15;/h3-6H,7-11H2,1-2H3,(H3,16,17,18);1H. The Morgan fingerprint density at radius 2 is 1.87 bits per heavy atom. The van der Waals surface area contributed by atoms with Crippen LogP contribution in [0.2, 0.25) is 0 Å². The molecule has 0 saturated carbocycles. The highest BCUT2D eigenvalue weighted by Gasteiger charge is 2.42. The van der Waals surface area contributed by atoms with Crippen LogP contribution in [0.5, 0.6) is 0 Å². The summed E-state index contributed by atoms with van der Waals surface area (Å²) in [5.74, 6) is 0.221. The lowest BCUT2D eigenvalue weighted by Gasteiger charge is -2.34. The number of nitrogens with two attached hydrogens (primary N) is 1. The van der Waals surface area contributed by atoms with E-state index in [0.717, 1.165) is 11.3 Å². The second-order valence-corrected chi connectivity index (χ2v) is 8.17. The minimum absolute atomic E-state index is 0. The molecule has 0 spiro atoms. The summed E-state index contributed by atoms with van der Waals surface area (Å²) in [6.07, 6.45) is 2.16. The van der Waals surface area contributed by atoms with E-state index in [9.17, 15) is 8.42 Å². The van der Waals surface area contributed by atoms with Crippen LogP contribution in [0.25, 0.3) is 0 Å². The summed E-state index contributed by atoms with van der Waals surface area (Å²) in [4.78, 5) is 4.25. The highest BCUT2D eigenvalue weighted by atomic mass is 127. The number of nitrogens with zero attached hydrogens (tertiary/aromatic N) is 1. The molecule has 0 aromatic heterocycles. The molecule has 6 nitrogen and oxygen atoms in total. The largest absolute Gasteiger partial charge is 0.381 e. The summed E-state index contributed by atoms with van der Waals surface area (Å²) >= 11 is 0. The second kappa shape index (κ2) is 8.29. The highest BCUT2D eigenvalue weighted by molar-refractivity contribution is 14.0. The number of hydrogen-bond acceptors (Lipinski definition) is 4. The Hall–Kier alpha value is -0.870. The number of nitrogens with one attached hydrogen (secondary N) is 1. The van der Waals surface area contributed by atoms with E-state index in [2.05, 4.69) is 10.3 Å². The van der Waals surface area contributed by atoms with Crippen LogP contribution in [0, 0.1) is 6.92 Å². The number of anilines is 1. The summed E-state index contributed by atoms with van der Waals surface area (Å²) < 4.78 is 28.7. The average molecular weight is 453 g/mol. The number of hydrogen-bond donors (Lipinski definition) is 2. The third-order valence-electron chi connectivity index (χ3n) is 4.05. The molecule has 23 heavy (non-hydrogen) atoms. The lowest BCUT2D eigenvalue weighted by atomic mass is 9.99. The molecule has 1 aliphatic rings. The summed E-state index contributed by atoms with van der Waals surface area (Å²) in [6, 6.07) is 7.73. The third kappa shape index (κ3) is 5.32. The maximum Gasteiger partial charge on any atom is 0.193 e. The lowest BCUT2D eigenvalue weighted by Crippen LogP contribution is -2.46. The predicted molar refractivity (Wildman–Crippen MR) is 104 cm³/mol. The van der Waals surface area contributed by atoms with E-state index in [4.69, 9.17) is 10.5 Å². The van der Waals surface area contributed by atoms with E-state index in [1.807, 2.05) is 31.2 Å². The van der Waals surface area contributed by atoms with Gasteiger partial charge >= 0.3 is 0 Å². The highest BCUT2D eigenvalue weighted by Crippen LogP contribution is 2.29. The number of ether oxygens (including phenoxy) is 1. The first-order chi connectivity index (χ1) is 10.3. The summed E-state index contributed by atoms with van der Waals surface area (Å²) in [6.45, 7) is 3.03. The van der Waals surface area contributed by atoms with Gasteiger partial charge in [-0.15, -0.1) is 24.0 Å². The van der Waals surface area contributed by atoms with Crippen LogP contribution in [0.3, 0.4) is 0 Å². The van der Waals surface area contributed by atoms with Gasteiger partial charge in [-0.25, -0.2) is 8.42 Å². The van der Waals surface area contributed by atoms with E-state index in [0.29, 0.717) is 26.1 Å². The van der Waals surface area contributed by atoms with Gasteiger partial charge in [0.25, 0.3) is 0 Å². The fourth-order valence-electron chi connectivity index (χ4n) is 2.44. The molecule has 0 unspecified atom stereocenters. The summed E-state index contributed by atoms with van der Waals surface area (Å²) in [5, 5.41) is 2.98. The molecular weight excluding hydrogens is 429 g/mol. The number of benzene rings is 1. The molecule has 0 radical (unpaired) electrons. The second-order valence-electron chi connectivity index (χ2n) is 5.76. The van der Waals surface area contributed by atoms with Gasteiger partial charge < -0.3 is 15.8 Å². The first kappa shape index (κ1) is 20.2. The predicted octanol–water partition coefficient (Wildman–Crippen LogP) is 1.93. The minimum Gasteiger partial charge on any atom is -0.381 e. The monoisotopic (exact) mass is 453 g/mol. The molecule has 130 valence electrons. The van der Waals surface area contributed by atoms with Crippen molar-refractivity contribution in [3.05, 3.63) is 29.8 Å². The van der Waals surface area contributed by atoms with Crippen molar-refractivity contribution >= 4 is 45.5 Å². The zero-order valence-corrected chi connectivity index (χ0v) is 16.6. The van der Waals surface area contributed by atoms with Crippen LogP contribution in [0.1, 0.15) is 18.4 Å². The SMILES string of the molecule is Cc1ccc(NC(N)=NCC2(S(C)(=O)=O)CCOCC2)cc1.I. The Labute approximate surface area is 154 Å². The first-order valence-corrected chi connectivity index (χ1v) is 9.13. The molecule has 1 aromatic rings. The van der Waals surface area contributed by atoms with Gasteiger partial charge in [0.1, 0.15) is 0 Å². The number of guanidine groups is 1. The maximum absolute atomic E-state index is 12.1. The van der Waals surface area contributed by atoms with E-state index < -0.39 is 14.6 Å². The molecule has 0 amide bonds. The smallest absolute Gasteiger partial charge is 0.193 e. The molecule has 0 atom stereocenters. The fourth-order valence-corrected chi connectivity index (χ4v) is 3.65. The summed E-state index contributed by atoms with van der Waals surface area (Å²) in [5.41, 5.74) is 7.85. The normalized spacial score (nSPS) is 18.1. The fraction of sp³-hybridized carbons (Fsp3) is 0.533. The molecule has 3 N–H and O–H groups in total. The molecule has 0 bridgehead atoms. The van der Waals surface area contributed by atoms with Crippen LogP contribution in [-0.4, -0.2) is 45.1 Å². The molecular formula is C15H24IN3O3S. The summed E-state index contributed by atoms with van der Waals surface area (Å²) in [7, 11) is -3.23. The van der Waals surface area contributed by atoms with Crippen molar-refractivity contribution in [1.29, 1.82) is 0 Å². The van der Waals surface area contributed by atoms with Crippen molar-refractivity contribution in [1.82, 2.24) is 0 Å². The number of aryl methyl sites for hydroxylation is 1. The van der Waals surface area contributed by atoms with Crippen molar-refractivity contribution in [2.24, 2.45) is 10.7 Å². The van der Waals surface area contributed by atoms with Crippen molar-refractivity contribution < 1.29 is 13.2 Å². The van der Waals surface area contributed by atoms with Gasteiger partial charge in [0.15, 0.2) is 15.8 Å². The Morgan fingerprint density at radius 1 is 1.30 bits per heavy atom. The van der Waals surface area contributed by atoms with Crippen LogP contribution in [0.15, 0.2) is 29.3 Å². The van der Waals surface area contributed by atoms with Gasteiger partial charge in [-0.1, -0.05) is 17.7 Å². The number of sulfone groups is 1. The van der Waals surface area contributed by atoms with E-state index in [1.165, 1.54) is 6.26 Å². The topological polar surface area (TPSA) is 93.8 Å². The first-order valence-electron chi connectivity index (χ1n) is 7.23. The van der Waals surface area contributed by atoms with Gasteiger partial charge in [-0.3, -0.25) is 4.99 Å². The molecule has 1 aliphatic heterocycles. The molecule has 0 aliphatic carbocycles. The lowest BCUT2D eigenvalue weighted by molar-refractivity contribution is 0.0768. The molecule has 8 heteroatoms. The van der Waals surface area contributed by atoms with Crippen molar-refractivity contribution in [3.63, 3.8) is 0 Å². The Bertz CT molecular complexity index is 638. The molecule has 1 heterocycles. The number of halogens is 1. The number of rotatable bonds is 4. The van der Waals surface area contributed by atoms with Crippen molar-refractivity contribution in [2.45, 2.75) is 24.5 Å². The Balaban J connectivity index is 0.00000264. The van der Waals surface area contributed by atoms with Crippen LogP contribution < -0.4 is 11.1 Å². The zero-order chi connectivity index (χ0) is 16.2. The van der Waals surface area contributed by atoms with Crippen LogP contribution in [-0.2, 0) is 14.6 Å². The maximum atomic E-state index is 12.1. The van der Waals surface area contributed by atoms with Gasteiger partial charge in [-0.2, -0.15) is 0 Å². The van der Waals surface area contributed by atoms with E-state index in [-0.39, 0.29) is 36.5 Å². The van der Waals surface area contributed by atoms with Crippen molar-refractivity contribution in [2.75, 3.05) is 31.3 Å². The van der Waals surface area contributed by atoms with Gasteiger partial charge in [0, 0.05) is 25.2 Å². The Kier molecular flexibility index (Phi) is 7.28. The molecule has 2 rings (SSSR count). The van der Waals surface area contributed by atoms with Crippen molar-refractivity contribution in [3.8, 4) is 0 Å². The quantitative estimate of drug-likeness (QED) is 0.413. The van der Waals surface area contributed by atoms with Crippen LogP contribution >= 0.6 is 24.0 Å². The molecule has 1 saturated heterocycles. The van der Waals surface area contributed by atoms with Gasteiger partial charge in [-0.05, 0) is 31.9 Å². The molecule has 1 aromatic carbocycles. The van der Waals surface area contributed by atoms with E-state index >= 15 is 0 Å². The van der Waals surface area contributed by atoms with Crippen LogP contribution in [0.4, 0.5) is 5.69 Å². The van der Waals surface area contributed by atoms with Gasteiger partial charge in [0.05, 0.1) is 11.3 Å². The zero-order valence-electron chi connectivity index (χ0n) is 13.4. The van der Waals surface area contributed by atoms with E-state index in [1.54, 1.807) is 0 Å².